The summed E-state index contributed by atoms with van der Waals surface area (Å²) in [4.78, 5) is 14.0. The van der Waals surface area contributed by atoms with Crippen molar-refractivity contribution in [1.29, 1.82) is 0 Å². The minimum atomic E-state index is -0.744. The fourth-order valence-corrected chi connectivity index (χ4v) is 2.24. The van der Waals surface area contributed by atoms with Crippen LogP contribution in [0.5, 0.6) is 0 Å². The first-order valence-electron chi connectivity index (χ1n) is 6.02. The van der Waals surface area contributed by atoms with E-state index in [0.29, 0.717) is 6.42 Å². The molecule has 0 amide bonds. The Morgan fingerprint density at radius 2 is 2.06 bits per heavy atom. The van der Waals surface area contributed by atoms with Gasteiger partial charge < -0.3 is 10.1 Å². The van der Waals surface area contributed by atoms with E-state index in [1.54, 1.807) is 0 Å². The van der Waals surface area contributed by atoms with Gasteiger partial charge in [-0.3, -0.25) is 4.79 Å². The van der Waals surface area contributed by atoms with Gasteiger partial charge in [0.05, 0.1) is 6.42 Å². The van der Waals surface area contributed by atoms with E-state index in [0.717, 1.165) is 24.1 Å². The molecule has 90 valence electrons. The van der Waals surface area contributed by atoms with Crippen LogP contribution in [0.25, 0.3) is 10.9 Å². The van der Waals surface area contributed by atoms with Gasteiger partial charge in [0.2, 0.25) is 0 Å². The number of carboxylic acids is 1. The number of carbonyl (C=O) groups is 1. The molecule has 0 aliphatic carbocycles. The third-order valence-electron chi connectivity index (χ3n) is 2.99. The average Bonchev–Trinajstić information content (AvgIpc) is 2.66. The van der Waals surface area contributed by atoms with Crippen LogP contribution in [-0.4, -0.2) is 16.1 Å². The van der Waals surface area contributed by atoms with Gasteiger partial charge in [-0.05, 0) is 24.5 Å². The normalized spacial score (nSPS) is 10.9. The third-order valence-corrected chi connectivity index (χ3v) is 2.99. The lowest BCUT2D eigenvalue weighted by Crippen LogP contribution is -2.00. The SMILES string of the molecule is CCCc1c(CCC(=O)O)[nH]c2ccccc12. The van der Waals surface area contributed by atoms with Crippen molar-refractivity contribution < 1.29 is 9.90 Å². The molecule has 0 unspecified atom stereocenters. The number of benzene rings is 1. The van der Waals surface area contributed by atoms with E-state index in [1.165, 1.54) is 10.9 Å². The first-order valence-corrected chi connectivity index (χ1v) is 6.02. The molecule has 0 radical (unpaired) electrons. The van der Waals surface area contributed by atoms with E-state index >= 15 is 0 Å². The lowest BCUT2D eigenvalue weighted by Gasteiger charge is -2.01. The zero-order chi connectivity index (χ0) is 12.3. The predicted molar refractivity (Wildman–Crippen MR) is 68.3 cm³/mol. The number of aliphatic carboxylic acids is 1. The van der Waals surface area contributed by atoms with Gasteiger partial charge in [0.15, 0.2) is 0 Å². The molecule has 1 aromatic carbocycles. The van der Waals surface area contributed by atoms with Crippen LogP contribution in [0.2, 0.25) is 0 Å². The molecule has 2 rings (SSSR count). The van der Waals surface area contributed by atoms with Gasteiger partial charge in [-0.2, -0.15) is 0 Å². The molecule has 2 N–H and O–H groups in total. The number of nitrogens with one attached hydrogen (secondary N) is 1. The molecule has 17 heavy (non-hydrogen) atoms. The van der Waals surface area contributed by atoms with Crippen molar-refractivity contribution in [3.63, 3.8) is 0 Å². The van der Waals surface area contributed by atoms with Crippen LogP contribution < -0.4 is 0 Å². The standard InChI is InChI=1S/C14H17NO2/c1-2-5-10-11-6-3-4-7-12(11)15-13(10)8-9-14(16)17/h3-4,6-7,15H,2,5,8-9H2,1H3,(H,16,17). The molecule has 3 nitrogen and oxygen atoms in total. The first kappa shape index (κ1) is 11.7. The van der Waals surface area contributed by atoms with Crippen LogP contribution in [0.1, 0.15) is 31.0 Å². The summed E-state index contributed by atoms with van der Waals surface area (Å²) >= 11 is 0. The summed E-state index contributed by atoms with van der Waals surface area (Å²) in [5, 5.41) is 9.99. The van der Waals surface area contributed by atoms with Crippen molar-refractivity contribution >= 4 is 16.9 Å². The van der Waals surface area contributed by atoms with Crippen LogP contribution in [0.3, 0.4) is 0 Å². The summed E-state index contributed by atoms with van der Waals surface area (Å²) in [6.07, 6.45) is 2.84. The summed E-state index contributed by atoms with van der Waals surface area (Å²) in [6, 6.07) is 8.16. The molecule has 0 bridgehead atoms. The van der Waals surface area contributed by atoms with E-state index < -0.39 is 5.97 Å². The number of aromatic nitrogens is 1. The van der Waals surface area contributed by atoms with E-state index in [1.807, 2.05) is 18.2 Å². The molecule has 0 saturated heterocycles. The number of carboxylic acid groups (broad SMARTS) is 1. The Labute approximate surface area is 100 Å². The van der Waals surface area contributed by atoms with Crippen molar-refractivity contribution in [3.05, 3.63) is 35.5 Å². The van der Waals surface area contributed by atoms with E-state index in [4.69, 9.17) is 5.11 Å². The molecule has 0 aliphatic rings. The van der Waals surface area contributed by atoms with Gasteiger partial charge in [0.1, 0.15) is 0 Å². The van der Waals surface area contributed by atoms with Crippen LogP contribution in [-0.2, 0) is 17.6 Å². The molecular formula is C14H17NO2. The number of H-pyrrole nitrogens is 1. The molecular weight excluding hydrogens is 214 g/mol. The summed E-state index contributed by atoms with van der Waals surface area (Å²) in [5.41, 5.74) is 3.47. The minimum absolute atomic E-state index is 0.184. The molecule has 0 spiro atoms. The fraction of sp³-hybridized carbons (Fsp3) is 0.357. The summed E-state index contributed by atoms with van der Waals surface area (Å²) in [6.45, 7) is 2.14. The number of hydrogen-bond donors (Lipinski definition) is 2. The first-order chi connectivity index (χ1) is 8.22. The highest BCUT2D eigenvalue weighted by molar-refractivity contribution is 5.84. The Hall–Kier alpha value is -1.77. The molecule has 2 aromatic rings. The van der Waals surface area contributed by atoms with Crippen molar-refractivity contribution in [2.24, 2.45) is 0 Å². The van der Waals surface area contributed by atoms with E-state index in [2.05, 4.69) is 18.0 Å². The van der Waals surface area contributed by atoms with Gasteiger partial charge in [0.25, 0.3) is 0 Å². The lowest BCUT2D eigenvalue weighted by atomic mass is 10.0. The van der Waals surface area contributed by atoms with Crippen LogP contribution >= 0.6 is 0 Å². The number of hydrogen-bond acceptors (Lipinski definition) is 1. The topological polar surface area (TPSA) is 53.1 Å². The number of aromatic amines is 1. The molecule has 1 aromatic heterocycles. The summed E-state index contributed by atoms with van der Waals surface area (Å²) in [7, 11) is 0. The molecule has 0 aliphatic heterocycles. The molecule has 0 atom stereocenters. The smallest absolute Gasteiger partial charge is 0.303 e. The van der Waals surface area contributed by atoms with Crippen molar-refractivity contribution in [2.45, 2.75) is 32.6 Å². The Morgan fingerprint density at radius 1 is 1.29 bits per heavy atom. The Balaban J connectivity index is 2.38. The second-order valence-electron chi connectivity index (χ2n) is 4.27. The van der Waals surface area contributed by atoms with Crippen molar-refractivity contribution in [3.8, 4) is 0 Å². The number of fused-ring (bicyclic) bond motifs is 1. The van der Waals surface area contributed by atoms with Crippen LogP contribution in [0.4, 0.5) is 0 Å². The van der Waals surface area contributed by atoms with Crippen molar-refractivity contribution in [2.75, 3.05) is 0 Å². The van der Waals surface area contributed by atoms with Gasteiger partial charge in [-0.1, -0.05) is 31.5 Å². The fourth-order valence-electron chi connectivity index (χ4n) is 2.24. The van der Waals surface area contributed by atoms with Gasteiger partial charge in [-0.15, -0.1) is 0 Å². The largest absolute Gasteiger partial charge is 0.481 e. The van der Waals surface area contributed by atoms with Gasteiger partial charge in [-0.25, -0.2) is 0 Å². The zero-order valence-corrected chi connectivity index (χ0v) is 9.99. The quantitative estimate of drug-likeness (QED) is 0.830. The van der Waals surface area contributed by atoms with Gasteiger partial charge in [0, 0.05) is 16.6 Å². The molecule has 1 heterocycles. The van der Waals surface area contributed by atoms with E-state index in [-0.39, 0.29) is 6.42 Å². The maximum absolute atomic E-state index is 10.6. The van der Waals surface area contributed by atoms with Crippen molar-refractivity contribution in [1.82, 2.24) is 4.98 Å². The van der Waals surface area contributed by atoms with Gasteiger partial charge >= 0.3 is 5.97 Å². The third kappa shape index (κ3) is 2.49. The summed E-state index contributed by atoms with van der Waals surface area (Å²) in [5.74, 6) is -0.744. The van der Waals surface area contributed by atoms with Crippen LogP contribution in [0.15, 0.2) is 24.3 Å². The number of rotatable bonds is 5. The highest BCUT2D eigenvalue weighted by Gasteiger charge is 2.11. The average molecular weight is 231 g/mol. The zero-order valence-electron chi connectivity index (χ0n) is 9.99. The second-order valence-corrected chi connectivity index (χ2v) is 4.27. The maximum atomic E-state index is 10.6. The molecule has 3 heteroatoms. The Bertz CT molecular complexity index is 528. The van der Waals surface area contributed by atoms with E-state index in [9.17, 15) is 4.79 Å². The van der Waals surface area contributed by atoms with Crippen LogP contribution in [0, 0.1) is 0 Å². The monoisotopic (exact) mass is 231 g/mol. The Kier molecular flexibility index (Phi) is 3.47. The maximum Gasteiger partial charge on any atom is 0.303 e. The lowest BCUT2D eigenvalue weighted by molar-refractivity contribution is -0.136. The highest BCUT2D eigenvalue weighted by Crippen LogP contribution is 2.24. The second kappa shape index (κ2) is 5.04. The highest BCUT2D eigenvalue weighted by atomic mass is 16.4. The molecule has 0 fully saturated rings. The number of para-hydroxylation sites is 1. The summed E-state index contributed by atoms with van der Waals surface area (Å²) < 4.78 is 0. The minimum Gasteiger partial charge on any atom is -0.481 e. The molecule has 0 saturated carbocycles. The number of aryl methyl sites for hydroxylation is 2. The Morgan fingerprint density at radius 3 is 2.76 bits per heavy atom. The predicted octanol–water partition coefficient (Wildman–Crippen LogP) is 3.14.